The first-order valence-electron chi connectivity index (χ1n) is 6.08. The molecule has 1 atom stereocenters. The lowest BCUT2D eigenvalue weighted by atomic mass is 10.1. The van der Waals surface area contributed by atoms with Gasteiger partial charge in [-0.1, -0.05) is 0 Å². The van der Waals surface area contributed by atoms with Gasteiger partial charge in [-0.3, -0.25) is 9.59 Å². The van der Waals surface area contributed by atoms with Crippen molar-refractivity contribution in [1.82, 2.24) is 4.98 Å². The van der Waals surface area contributed by atoms with Gasteiger partial charge in [0.2, 0.25) is 5.91 Å². The molecule has 1 aromatic rings. The molecule has 110 valence electrons. The van der Waals surface area contributed by atoms with Gasteiger partial charge in [-0.25, -0.2) is 4.98 Å². The van der Waals surface area contributed by atoms with Crippen LogP contribution in [0.4, 0.5) is 5.13 Å². The molecule has 1 saturated carbocycles. The number of alkyl halides is 2. The Kier molecular flexibility index (Phi) is 4.27. The molecule has 1 aliphatic rings. The number of carbonyl (C=O) groups is 2. The second-order valence-electron chi connectivity index (χ2n) is 4.79. The summed E-state index contributed by atoms with van der Waals surface area (Å²) >= 11 is 13.1. The summed E-state index contributed by atoms with van der Waals surface area (Å²) in [4.78, 5) is 27.5. The van der Waals surface area contributed by atoms with E-state index in [1.807, 2.05) is 0 Å². The average molecular weight is 337 g/mol. The third kappa shape index (κ3) is 3.07. The van der Waals surface area contributed by atoms with E-state index in [0.29, 0.717) is 23.9 Å². The van der Waals surface area contributed by atoms with Crippen LogP contribution in [0.15, 0.2) is 5.38 Å². The Morgan fingerprint density at radius 3 is 2.75 bits per heavy atom. The monoisotopic (exact) mass is 336 g/mol. The van der Waals surface area contributed by atoms with Crippen molar-refractivity contribution in [2.45, 2.75) is 31.0 Å². The molecule has 1 aliphatic carbocycles. The molecule has 2 rings (SSSR count). The summed E-state index contributed by atoms with van der Waals surface area (Å²) in [6, 6.07) is 0. The van der Waals surface area contributed by atoms with E-state index in [1.54, 1.807) is 19.2 Å². The fraction of sp³-hybridized carbons (Fsp3) is 0.583. The molecule has 8 heteroatoms. The Bertz CT molecular complexity index is 547. The maximum atomic E-state index is 12.0. The minimum absolute atomic E-state index is 0.0897. The molecule has 0 radical (unpaired) electrons. The molecular formula is C12H14Cl2N2O3S. The third-order valence-corrected chi connectivity index (χ3v) is 5.07. The Hall–Kier alpha value is -0.850. The van der Waals surface area contributed by atoms with Crippen molar-refractivity contribution in [1.29, 1.82) is 0 Å². The lowest BCUT2D eigenvalue weighted by Crippen LogP contribution is -2.25. The molecule has 1 N–H and O–H groups in total. The molecule has 1 aromatic heterocycles. The molecule has 1 unspecified atom stereocenters. The van der Waals surface area contributed by atoms with Gasteiger partial charge in [0.1, 0.15) is 4.33 Å². The van der Waals surface area contributed by atoms with Crippen molar-refractivity contribution in [3.05, 3.63) is 11.1 Å². The van der Waals surface area contributed by atoms with Crippen LogP contribution in [-0.4, -0.2) is 27.8 Å². The highest BCUT2D eigenvalue weighted by Crippen LogP contribution is 2.64. The lowest BCUT2D eigenvalue weighted by molar-refractivity contribution is -0.142. The number of ether oxygens (including phenoxy) is 1. The van der Waals surface area contributed by atoms with E-state index in [-0.39, 0.29) is 18.3 Å². The minimum atomic E-state index is -1.01. The van der Waals surface area contributed by atoms with Crippen molar-refractivity contribution in [3.8, 4) is 0 Å². The van der Waals surface area contributed by atoms with E-state index < -0.39 is 9.75 Å². The highest BCUT2D eigenvalue weighted by atomic mass is 35.5. The molecule has 0 spiro atoms. The first-order chi connectivity index (χ1) is 9.28. The Morgan fingerprint density at radius 1 is 1.55 bits per heavy atom. The summed E-state index contributed by atoms with van der Waals surface area (Å²) in [6.45, 7) is 3.78. The number of esters is 1. The SMILES string of the molecule is CCOC(=O)Cc1csc(NC(=O)C2(C)CC2(Cl)Cl)n1. The zero-order valence-electron chi connectivity index (χ0n) is 11.0. The van der Waals surface area contributed by atoms with Crippen LogP contribution in [0.2, 0.25) is 0 Å². The maximum absolute atomic E-state index is 12.0. The second-order valence-corrected chi connectivity index (χ2v) is 7.14. The number of nitrogens with one attached hydrogen (secondary N) is 1. The number of halogens is 2. The maximum Gasteiger partial charge on any atom is 0.311 e. The summed E-state index contributed by atoms with van der Waals surface area (Å²) in [5.41, 5.74) is -0.226. The van der Waals surface area contributed by atoms with E-state index in [0.717, 1.165) is 0 Å². The van der Waals surface area contributed by atoms with Crippen LogP contribution in [-0.2, 0) is 20.7 Å². The molecule has 0 aromatic carbocycles. The van der Waals surface area contributed by atoms with Crippen molar-refractivity contribution < 1.29 is 14.3 Å². The molecule has 20 heavy (non-hydrogen) atoms. The number of aromatic nitrogens is 1. The Labute approximate surface area is 130 Å². The normalized spacial score (nSPS) is 23.2. The van der Waals surface area contributed by atoms with Crippen LogP contribution in [0, 0.1) is 5.41 Å². The Morgan fingerprint density at radius 2 is 2.20 bits per heavy atom. The van der Waals surface area contributed by atoms with Crippen LogP contribution in [0.5, 0.6) is 0 Å². The van der Waals surface area contributed by atoms with E-state index >= 15 is 0 Å². The van der Waals surface area contributed by atoms with Gasteiger partial charge >= 0.3 is 5.97 Å². The van der Waals surface area contributed by atoms with E-state index in [9.17, 15) is 9.59 Å². The van der Waals surface area contributed by atoms with E-state index in [2.05, 4.69) is 10.3 Å². The van der Waals surface area contributed by atoms with Gasteiger partial charge in [0.25, 0.3) is 0 Å². The summed E-state index contributed by atoms with van der Waals surface area (Å²) in [6.07, 6.45) is 0.502. The molecule has 1 fully saturated rings. The first-order valence-corrected chi connectivity index (χ1v) is 7.71. The molecule has 0 aliphatic heterocycles. The van der Waals surface area contributed by atoms with Gasteiger partial charge < -0.3 is 10.1 Å². The summed E-state index contributed by atoms with van der Waals surface area (Å²) in [5, 5.41) is 4.80. The average Bonchev–Trinajstić information content (AvgIpc) is 2.70. The molecule has 5 nitrogen and oxygen atoms in total. The molecule has 0 bridgehead atoms. The van der Waals surface area contributed by atoms with E-state index in [4.69, 9.17) is 27.9 Å². The summed E-state index contributed by atoms with van der Waals surface area (Å²) < 4.78 is 3.82. The van der Waals surface area contributed by atoms with Gasteiger partial charge in [-0.2, -0.15) is 0 Å². The summed E-state index contributed by atoms with van der Waals surface area (Å²) in [7, 11) is 0. The van der Waals surface area contributed by atoms with Gasteiger partial charge in [0.05, 0.1) is 24.1 Å². The zero-order chi connectivity index (χ0) is 15.0. The largest absolute Gasteiger partial charge is 0.466 e. The Balaban J connectivity index is 1.94. The predicted molar refractivity (Wildman–Crippen MR) is 78.2 cm³/mol. The van der Waals surface area contributed by atoms with E-state index in [1.165, 1.54) is 11.3 Å². The molecular weight excluding hydrogens is 323 g/mol. The zero-order valence-corrected chi connectivity index (χ0v) is 13.4. The van der Waals surface area contributed by atoms with Crippen molar-refractivity contribution in [2.24, 2.45) is 5.41 Å². The van der Waals surface area contributed by atoms with Crippen LogP contribution in [0.3, 0.4) is 0 Å². The molecule has 1 heterocycles. The number of rotatable bonds is 5. The highest BCUT2D eigenvalue weighted by Gasteiger charge is 2.68. The fourth-order valence-corrected chi connectivity index (χ4v) is 3.10. The van der Waals surface area contributed by atoms with Crippen LogP contribution >= 0.6 is 34.5 Å². The number of anilines is 1. The number of hydrogen-bond donors (Lipinski definition) is 1. The second kappa shape index (κ2) is 5.50. The van der Waals surface area contributed by atoms with Crippen LogP contribution < -0.4 is 5.32 Å². The quantitative estimate of drug-likeness (QED) is 0.663. The topological polar surface area (TPSA) is 68.3 Å². The van der Waals surface area contributed by atoms with Crippen molar-refractivity contribution in [3.63, 3.8) is 0 Å². The van der Waals surface area contributed by atoms with Crippen molar-refractivity contribution in [2.75, 3.05) is 11.9 Å². The third-order valence-electron chi connectivity index (χ3n) is 3.16. The first kappa shape index (κ1) is 15.5. The number of amides is 1. The summed E-state index contributed by atoms with van der Waals surface area (Å²) in [5.74, 6) is -0.607. The number of carbonyl (C=O) groups excluding carboxylic acids is 2. The van der Waals surface area contributed by atoms with Crippen molar-refractivity contribution >= 4 is 51.5 Å². The predicted octanol–water partition coefficient (Wildman–Crippen LogP) is 2.77. The van der Waals surface area contributed by atoms with Crippen LogP contribution in [0.25, 0.3) is 0 Å². The number of thiazole rings is 1. The molecule has 1 amide bonds. The number of hydrogen-bond acceptors (Lipinski definition) is 5. The smallest absolute Gasteiger partial charge is 0.311 e. The number of nitrogens with zero attached hydrogens (tertiary/aromatic N) is 1. The standard InChI is InChI=1S/C12H14Cl2N2O3S/c1-3-19-8(17)4-7-5-20-10(15-7)16-9(18)11(2)6-12(11,13)14/h5H,3-4,6H2,1-2H3,(H,15,16,18). The minimum Gasteiger partial charge on any atom is -0.466 e. The van der Waals surface area contributed by atoms with Gasteiger partial charge in [-0.05, 0) is 20.3 Å². The highest BCUT2D eigenvalue weighted by molar-refractivity contribution is 7.14. The van der Waals surface area contributed by atoms with Gasteiger partial charge in [0, 0.05) is 5.38 Å². The molecule has 0 saturated heterocycles. The lowest BCUT2D eigenvalue weighted by Gasteiger charge is -2.10. The van der Waals surface area contributed by atoms with Crippen LogP contribution in [0.1, 0.15) is 26.0 Å². The van der Waals surface area contributed by atoms with Gasteiger partial charge in [0.15, 0.2) is 5.13 Å². The fourth-order valence-electron chi connectivity index (χ4n) is 1.69. The van der Waals surface area contributed by atoms with Gasteiger partial charge in [-0.15, -0.1) is 34.5 Å².